The van der Waals surface area contributed by atoms with Crippen molar-refractivity contribution in [2.45, 2.75) is 0 Å². The Hall–Kier alpha value is 2.27. The second-order valence-corrected chi connectivity index (χ2v) is 5.94. The van der Waals surface area contributed by atoms with Gasteiger partial charge in [-0.1, -0.05) is 0 Å². The molecule has 0 fully saturated rings. The van der Waals surface area contributed by atoms with E-state index in [-0.39, 0.29) is 37.7 Å². The molecule has 0 N–H and O–H groups in total. The molecule has 0 saturated heterocycles. The number of rotatable bonds is 0. The third-order valence-corrected chi connectivity index (χ3v) is 0. The monoisotopic (exact) mass is 452 g/mol. The fourth-order valence-electron chi connectivity index (χ4n) is 0. The van der Waals surface area contributed by atoms with Crippen LogP contribution in [0.15, 0.2) is 0 Å². The Labute approximate surface area is 152 Å². The standard InChI is InChI=1S/4Al.Ca.16FH/h;;;;;16*1H/q4*+3;;;;;;;;;;;;;;;;;/p-16. The van der Waals surface area contributed by atoms with Crippen molar-refractivity contribution in [3.63, 3.8) is 0 Å². The number of hydrogen-bond donors (Lipinski definition) is 0. The van der Waals surface area contributed by atoms with Gasteiger partial charge in [0.25, 0.3) is 0 Å². The molecule has 2 radical (unpaired) electrons. The maximum Gasteiger partial charge on any atom is 1.04 e. The third-order valence-electron chi connectivity index (χ3n) is 0. The van der Waals surface area contributed by atoms with Crippen LogP contribution in [0.25, 0.3) is 0 Å². The summed E-state index contributed by atoms with van der Waals surface area (Å²) in [6.07, 6.45) is 0. The van der Waals surface area contributed by atoms with E-state index < -0.39 is 59.7 Å². The van der Waals surface area contributed by atoms with Gasteiger partial charge >= 0.3 is 59.7 Å². The molecule has 0 aliphatic heterocycles. The molecule has 0 aliphatic carbocycles. The van der Waals surface area contributed by atoms with Gasteiger partial charge in [-0.25, -0.2) is 0 Å². The summed E-state index contributed by atoms with van der Waals surface area (Å²) in [7, 11) is 0. The van der Waals surface area contributed by atoms with E-state index in [1.54, 1.807) is 0 Å². The first kappa shape index (κ1) is 34.6. The molecule has 0 aromatic rings. The van der Waals surface area contributed by atoms with Gasteiger partial charge in [0.1, 0.15) is 0 Å². The minimum absolute atomic E-state index is 0. The van der Waals surface area contributed by atoms with Gasteiger partial charge < -0.3 is 56.4 Å². The first-order valence-corrected chi connectivity index (χ1v) is 10.5. The van der Waals surface area contributed by atoms with Crippen LogP contribution in [0.4, 0.5) is 56.4 Å². The van der Waals surface area contributed by atoms with E-state index in [0.717, 1.165) is 0 Å². The van der Waals surface area contributed by atoms with Crippen LogP contribution in [-0.4, -0.2) is 97.4 Å². The predicted octanol–water partition coefficient (Wildman–Crippen LogP) is 4.82. The quantitative estimate of drug-likeness (QED) is 0.366. The van der Waals surface area contributed by atoms with Crippen LogP contribution >= 0.6 is 0 Å². The smallest absolute Gasteiger partial charge is 0.510 e. The molecule has 0 spiro atoms. The van der Waals surface area contributed by atoms with Crippen molar-refractivity contribution in [3.8, 4) is 0 Å². The average molecular weight is 452 g/mol. The van der Waals surface area contributed by atoms with Gasteiger partial charge in [0, 0.05) is 37.7 Å². The van der Waals surface area contributed by atoms with E-state index >= 15 is 0 Å². The zero-order chi connectivity index (χ0) is 18.0. The summed E-state index contributed by atoms with van der Waals surface area (Å²) in [6.45, 7) is 0. The van der Waals surface area contributed by atoms with E-state index in [0.29, 0.717) is 0 Å². The Bertz CT molecular complexity index is 130. The van der Waals surface area contributed by atoms with Crippen LogP contribution in [0, 0.1) is 0 Å². The molecule has 0 heterocycles. The normalized spacial score (nSPS) is 11.4. The molecule has 0 saturated carbocycles. The van der Waals surface area contributed by atoms with Crippen molar-refractivity contribution in [1.82, 2.24) is 0 Å². The van der Waals surface area contributed by atoms with E-state index in [1.165, 1.54) is 0 Å². The van der Waals surface area contributed by atoms with Gasteiger partial charge in [-0.3, -0.25) is 0 Å². The molecule has 130 valence electrons. The Morgan fingerprint density at radius 1 is 0.238 bits per heavy atom. The maximum absolute atomic E-state index is 9.85. The van der Waals surface area contributed by atoms with Gasteiger partial charge in [0.15, 0.2) is 0 Å². The van der Waals surface area contributed by atoms with Crippen molar-refractivity contribution >= 4 is 97.4 Å². The molecule has 21 heavy (non-hydrogen) atoms. The van der Waals surface area contributed by atoms with Crippen molar-refractivity contribution in [2.24, 2.45) is 0 Å². The summed E-state index contributed by atoms with van der Waals surface area (Å²) in [5.74, 6) is 0. The first-order valence-electron chi connectivity index (χ1n) is 3.49. The Kier molecular flexibility index (Phi) is 24.0. The topological polar surface area (TPSA) is 0 Å². The fraction of sp³-hybridized carbons (Fsp3) is 0. The Morgan fingerprint density at radius 2 is 0.238 bits per heavy atom. The van der Waals surface area contributed by atoms with Crippen molar-refractivity contribution in [2.75, 3.05) is 0 Å². The van der Waals surface area contributed by atoms with Gasteiger partial charge in [0.05, 0.1) is 0 Å². The van der Waals surface area contributed by atoms with Crippen molar-refractivity contribution < 1.29 is 56.4 Å². The molecule has 0 atom stereocenters. The number of hydrogen-bond acceptors (Lipinski definition) is 0. The second-order valence-electron chi connectivity index (χ2n) is 1.98. The minimum Gasteiger partial charge on any atom is -0.510 e. The average Bonchev–Trinajstić information content (AvgIpc) is 1.62. The molecule has 0 rings (SSSR count). The molecule has 21 heteroatoms. The predicted molar refractivity (Wildman–Crippen MR) is 46.5 cm³/mol. The molecule has 0 bridgehead atoms. The number of halogens is 16. The minimum atomic E-state index is -6.83. The van der Waals surface area contributed by atoms with Crippen LogP contribution in [0.3, 0.4) is 0 Å². The van der Waals surface area contributed by atoms with Crippen LogP contribution in [0.2, 0.25) is 0 Å². The first-order chi connectivity index (χ1) is 8.00. The zero-order valence-electron chi connectivity index (χ0n) is 9.06. The van der Waals surface area contributed by atoms with Gasteiger partial charge in [-0.05, 0) is 0 Å². The fourth-order valence-corrected chi connectivity index (χ4v) is 0. The van der Waals surface area contributed by atoms with Crippen LogP contribution in [0.1, 0.15) is 0 Å². The second kappa shape index (κ2) is 14.6. The van der Waals surface area contributed by atoms with Crippen molar-refractivity contribution in [3.05, 3.63) is 0 Å². The molecule has 0 aliphatic rings. The van der Waals surface area contributed by atoms with Gasteiger partial charge in [-0.15, -0.1) is 0 Å². The van der Waals surface area contributed by atoms with Crippen LogP contribution < -0.4 is 0 Å². The Morgan fingerprint density at radius 3 is 0.238 bits per heavy atom. The van der Waals surface area contributed by atoms with E-state index in [9.17, 15) is 56.4 Å². The Balaban J connectivity index is -0.0000000533. The van der Waals surface area contributed by atoms with Crippen molar-refractivity contribution in [1.29, 1.82) is 0 Å². The molecule has 0 amide bonds. The zero-order valence-corrected chi connectivity index (χ0v) is 15.9. The molecular weight excluding hydrogens is 452 g/mol. The molecule has 0 aromatic heterocycles. The van der Waals surface area contributed by atoms with E-state index in [4.69, 9.17) is 0 Å². The third kappa shape index (κ3) is 1780. The van der Waals surface area contributed by atoms with E-state index in [2.05, 4.69) is 0 Å². The summed E-state index contributed by atoms with van der Waals surface area (Å²) in [5, 5.41) is 0. The largest absolute Gasteiger partial charge is 1.04 e. The van der Waals surface area contributed by atoms with Crippen LogP contribution in [-0.2, 0) is 0 Å². The summed E-state index contributed by atoms with van der Waals surface area (Å²) < 4.78 is 158. The molecule has 0 aromatic carbocycles. The summed E-state index contributed by atoms with van der Waals surface area (Å²) in [5.41, 5.74) is 0. The van der Waals surface area contributed by atoms with Gasteiger partial charge in [0.2, 0.25) is 0 Å². The van der Waals surface area contributed by atoms with Crippen LogP contribution in [0.5, 0.6) is 0 Å². The maximum atomic E-state index is 9.85. The molecular formula is Al4CaF16-4. The summed E-state index contributed by atoms with van der Waals surface area (Å²) >= 11 is -27.3. The summed E-state index contributed by atoms with van der Waals surface area (Å²) in [6, 6.07) is 0. The molecule has 0 unspecified atom stereocenters. The summed E-state index contributed by atoms with van der Waals surface area (Å²) in [4.78, 5) is 0. The SMILES string of the molecule is [Ca].[F][Al-]([F])([F])[F].[F][Al-]([F])([F])[F].[F][Al-]([F])([F])[F].[F][Al-]([F])([F])[F]. The van der Waals surface area contributed by atoms with E-state index in [1.807, 2.05) is 0 Å². The molecule has 0 nitrogen and oxygen atoms in total. The van der Waals surface area contributed by atoms with Gasteiger partial charge in [-0.2, -0.15) is 0 Å².